The molecule has 3 N–H and O–H groups in total. The van der Waals surface area contributed by atoms with Crippen LogP contribution in [0, 0.1) is 0 Å². The Morgan fingerprint density at radius 3 is 2.20 bits per heavy atom. The van der Waals surface area contributed by atoms with Crippen LogP contribution in [-0.2, 0) is 4.74 Å². The summed E-state index contributed by atoms with van der Waals surface area (Å²) in [6.07, 6.45) is -5.11. The van der Waals surface area contributed by atoms with Crippen LogP contribution in [-0.4, -0.2) is 24.4 Å². The summed E-state index contributed by atoms with van der Waals surface area (Å²) in [6, 6.07) is -0.515. The van der Waals surface area contributed by atoms with Crippen molar-refractivity contribution in [2.45, 2.75) is 51.4 Å². The van der Waals surface area contributed by atoms with Gasteiger partial charge in [-0.2, -0.15) is 13.2 Å². The van der Waals surface area contributed by atoms with Crippen molar-refractivity contribution in [2.75, 3.05) is 6.61 Å². The van der Waals surface area contributed by atoms with Crippen molar-refractivity contribution in [3.8, 4) is 0 Å². The molecule has 0 aliphatic rings. The second-order valence-electron chi connectivity index (χ2n) is 3.91. The van der Waals surface area contributed by atoms with Crippen LogP contribution in [0.15, 0.2) is 0 Å². The minimum atomic E-state index is -4.16. The third kappa shape index (κ3) is 5.96. The van der Waals surface area contributed by atoms with Crippen molar-refractivity contribution in [1.29, 1.82) is 0 Å². The van der Waals surface area contributed by atoms with Crippen molar-refractivity contribution in [1.82, 2.24) is 5.43 Å². The lowest BCUT2D eigenvalue weighted by atomic mass is 9.94. The van der Waals surface area contributed by atoms with Gasteiger partial charge in [-0.3, -0.25) is 11.3 Å². The van der Waals surface area contributed by atoms with Gasteiger partial charge in [0.25, 0.3) is 0 Å². The highest BCUT2D eigenvalue weighted by Crippen LogP contribution is 2.26. The summed E-state index contributed by atoms with van der Waals surface area (Å²) in [4.78, 5) is 0. The number of hydrazine groups is 1. The number of hydrogen-bond donors (Lipinski definition) is 2. The number of ether oxygens (including phenoxy) is 1. The predicted molar refractivity (Wildman–Crippen MR) is 52.1 cm³/mol. The van der Waals surface area contributed by atoms with E-state index in [4.69, 9.17) is 10.6 Å². The molecule has 0 bridgehead atoms. The van der Waals surface area contributed by atoms with Crippen LogP contribution in [0.3, 0.4) is 0 Å². The second kappa shape index (κ2) is 5.67. The lowest BCUT2D eigenvalue weighted by Crippen LogP contribution is -2.51. The Bertz CT molecular complexity index is 183. The zero-order valence-electron chi connectivity index (χ0n) is 9.32. The first-order chi connectivity index (χ1) is 6.73. The van der Waals surface area contributed by atoms with E-state index in [2.05, 4.69) is 5.43 Å². The standard InChI is InChI=1S/C9H19F3N2O/c1-4-15-8(2,3)7(14-13)5-6-9(10,11)12/h7,14H,4-6,13H2,1-3H3. The molecule has 0 aromatic heterocycles. The van der Waals surface area contributed by atoms with E-state index in [1.807, 2.05) is 0 Å². The van der Waals surface area contributed by atoms with Crippen LogP contribution >= 0.6 is 0 Å². The maximum atomic E-state index is 12.0. The van der Waals surface area contributed by atoms with E-state index in [-0.39, 0.29) is 6.42 Å². The molecule has 0 amide bonds. The summed E-state index contributed by atoms with van der Waals surface area (Å²) < 4.78 is 41.4. The molecule has 0 aromatic carbocycles. The van der Waals surface area contributed by atoms with Crippen LogP contribution in [0.2, 0.25) is 0 Å². The third-order valence-corrected chi connectivity index (χ3v) is 2.27. The smallest absolute Gasteiger partial charge is 0.374 e. The molecule has 0 aliphatic heterocycles. The van der Waals surface area contributed by atoms with Crippen LogP contribution in [0.5, 0.6) is 0 Å². The normalized spacial score (nSPS) is 15.4. The molecule has 0 fully saturated rings. The van der Waals surface area contributed by atoms with E-state index in [9.17, 15) is 13.2 Å². The molecule has 0 saturated carbocycles. The molecule has 0 heterocycles. The van der Waals surface area contributed by atoms with Crippen molar-refractivity contribution in [2.24, 2.45) is 5.84 Å². The summed E-state index contributed by atoms with van der Waals surface area (Å²) in [6.45, 7) is 5.67. The second-order valence-corrected chi connectivity index (χ2v) is 3.91. The first-order valence-electron chi connectivity index (χ1n) is 4.89. The van der Waals surface area contributed by atoms with Crippen LogP contribution < -0.4 is 11.3 Å². The van der Waals surface area contributed by atoms with E-state index in [1.54, 1.807) is 20.8 Å². The SMILES string of the molecule is CCOC(C)(C)C(CCC(F)(F)F)NN. The Morgan fingerprint density at radius 2 is 1.87 bits per heavy atom. The highest BCUT2D eigenvalue weighted by molar-refractivity contribution is 4.84. The zero-order valence-corrected chi connectivity index (χ0v) is 9.32. The average molecular weight is 228 g/mol. The Morgan fingerprint density at radius 1 is 1.33 bits per heavy atom. The van der Waals surface area contributed by atoms with Gasteiger partial charge < -0.3 is 4.74 Å². The fourth-order valence-electron chi connectivity index (χ4n) is 1.41. The van der Waals surface area contributed by atoms with Crippen LogP contribution in [0.4, 0.5) is 13.2 Å². The summed E-state index contributed by atoms with van der Waals surface area (Å²) in [7, 11) is 0. The number of halogens is 3. The van der Waals surface area contributed by atoms with Crippen LogP contribution in [0.1, 0.15) is 33.6 Å². The monoisotopic (exact) mass is 228 g/mol. The number of hydrogen-bond acceptors (Lipinski definition) is 3. The lowest BCUT2D eigenvalue weighted by Gasteiger charge is -2.33. The number of nitrogens with one attached hydrogen (secondary N) is 1. The van der Waals surface area contributed by atoms with Gasteiger partial charge in [-0.25, -0.2) is 0 Å². The molecule has 0 radical (unpaired) electrons. The number of rotatable bonds is 6. The average Bonchev–Trinajstić information content (AvgIpc) is 2.02. The maximum absolute atomic E-state index is 12.0. The quantitative estimate of drug-likeness (QED) is 0.539. The van der Waals surface area contributed by atoms with Crippen molar-refractivity contribution in [3.63, 3.8) is 0 Å². The Hall–Kier alpha value is -0.330. The highest BCUT2D eigenvalue weighted by atomic mass is 19.4. The molecule has 15 heavy (non-hydrogen) atoms. The summed E-state index contributed by atoms with van der Waals surface area (Å²) in [5.74, 6) is 5.22. The van der Waals surface area contributed by atoms with E-state index in [0.29, 0.717) is 6.61 Å². The number of nitrogens with two attached hydrogens (primary N) is 1. The minimum Gasteiger partial charge on any atom is -0.374 e. The van der Waals surface area contributed by atoms with Gasteiger partial charge in [0.15, 0.2) is 0 Å². The van der Waals surface area contributed by atoms with Crippen molar-refractivity contribution < 1.29 is 17.9 Å². The first kappa shape index (κ1) is 14.7. The fourth-order valence-corrected chi connectivity index (χ4v) is 1.41. The molecule has 0 aliphatic carbocycles. The molecule has 0 saturated heterocycles. The van der Waals surface area contributed by atoms with Gasteiger partial charge >= 0.3 is 6.18 Å². The van der Waals surface area contributed by atoms with Gasteiger partial charge in [0, 0.05) is 19.1 Å². The Kier molecular flexibility index (Phi) is 5.55. The van der Waals surface area contributed by atoms with Gasteiger partial charge in [0.1, 0.15) is 0 Å². The third-order valence-electron chi connectivity index (χ3n) is 2.27. The molecular weight excluding hydrogens is 209 g/mol. The molecule has 0 rings (SSSR count). The van der Waals surface area contributed by atoms with Gasteiger partial charge in [-0.1, -0.05) is 0 Å². The van der Waals surface area contributed by atoms with Crippen molar-refractivity contribution in [3.05, 3.63) is 0 Å². The van der Waals surface area contributed by atoms with Gasteiger partial charge in [0.05, 0.1) is 5.60 Å². The Balaban J connectivity index is 4.24. The van der Waals surface area contributed by atoms with Crippen molar-refractivity contribution >= 4 is 0 Å². The molecule has 0 spiro atoms. The molecule has 1 unspecified atom stereocenters. The van der Waals surface area contributed by atoms with E-state index in [1.165, 1.54) is 0 Å². The van der Waals surface area contributed by atoms with E-state index < -0.39 is 24.2 Å². The molecule has 6 heteroatoms. The molecule has 1 atom stereocenters. The maximum Gasteiger partial charge on any atom is 0.389 e. The minimum absolute atomic E-state index is 0.0903. The highest BCUT2D eigenvalue weighted by Gasteiger charge is 2.34. The van der Waals surface area contributed by atoms with E-state index in [0.717, 1.165) is 0 Å². The van der Waals surface area contributed by atoms with Gasteiger partial charge in [-0.15, -0.1) is 0 Å². The zero-order chi connectivity index (χ0) is 12.1. The molecule has 0 aromatic rings. The van der Waals surface area contributed by atoms with E-state index >= 15 is 0 Å². The molecule has 92 valence electrons. The van der Waals surface area contributed by atoms with Crippen LogP contribution in [0.25, 0.3) is 0 Å². The first-order valence-corrected chi connectivity index (χ1v) is 4.89. The summed E-state index contributed by atoms with van der Waals surface area (Å²) in [5, 5.41) is 0. The largest absolute Gasteiger partial charge is 0.389 e. The molecular formula is C9H19F3N2O. The van der Waals surface area contributed by atoms with Gasteiger partial charge in [-0.05, 0) is 27.2 Å². The predicted octanol–water partition coefficient (Wildman–Crippen LogP) is 1.98. The topological polar surface area (TPSA) is 47.3 Å². The lowest BCUT2D eigenvalue weighted by molar-refractivity contribution is -0.141. The summed E-state index contributed by atoms with van der Waals surface area (Å²) in [5.41, 5.74) is 1.68. The van der Waals surface area contributed by atoms with Gasteiger partial charge in [0.2, 0.25) is 0 Å². The summed E-state index contributed by atoms with van der Waals surface area (Å²) >= 11 is 0. The molecule has 3 nitrogen and oxygen atoms in total. The fraction of sp³-hybridized carbons (Fsp3) is 1.00. The Labute approximate surface area is 88.1 Å². The number of alkyl halides is 3.